The van der Waals surface area contributed by atoms with Gasteiger partial charge in [-0.2, -0.15) is 5.26 Å². The predicted octanol–water partition coefficient (Wildman–Crippen LogP) is 5.02. The number of amides is 2. The molecule has 2 amide bonds. The largest absolute Gasteiger partial charge is 0.338 e. The van der Waals surface area contributed by atoms with Crippen molar-refractivity contribution in [2.45, 2.75) is 31.4 Å². The first-order valence-corrected chi connectivity index (χ1v) is 12.0. The maximum absolute atomic E-state index is 13.5. The molecule has 0 spiro atoms. The van der Waals surface area contributed by atoms with E-state index in [0.29, 0.717) is 41.2 Å². The number of thioether (sulfide) groups is 1. The van der Waals surface area contributed by atoms with Gasteiger partial charge >= 0.3 is 0 Å². The first kappa shape index (κ1) is 22.4. The van der Waals surface area contributed by atoms with E-state index in [0.717, 1.165) is 18.4 Å². The maximum atomic E-state index is 13.5. The molecule has 1 atom stereocenters. The van der Waals surface area contributed by atoms with Gasteiger partial charge in [0.05, 0.1) is 5.25 Å². The highest BCUT2D eigenvalue weighted by Gasteiger charge is 2.41. The Balaban J connectivity index is 1.69. The standard InChI is InChI=1S/C25H24ClN3O2S/c1-17-11-13-28(14-12-17)23(30)21(16-27)25-29(20-5-3-2-4-6-20)24(31)22(32-25)15-18-7-9-19(26)10-8-18/h2-10,17,22H,11-15H2,1H3/b25-21-. The second-order valence-corrected chi connectivity index (χ2v) is 9.84. The van der Waals surface area contributed by atoms with Crippen LogP contribution in [0.2, 0.25) is 5.02 Å². The molecule has 164 valence electrons. The molecule has 0 N–H and O–H groups in total. The van der Waals surface area contributed by atoms with Crippen LogP contribution in [-0.4, -0.2) is 35.1 Å². The summed E-state index contributed by atoms with van der Waals surface area (Å²) in [4.78, 5) is 30.0. The van der Waals surface area contributed by atoms with E-state index < -0.39 is 5.25 Å². The van der Waals surface area contributed by atoms with Crippen LogP contribution in [-0.2, 0) is 16.0 Å². The number of likely N-dealkylation sites (tertiary alicyclic amines) is 1. The summed E-state index contributed by atoms with van der Waals surface area (Å²) < 4.78 is 0. The monoisotopic (exact) mass is 465 g/mol. The van der Waals surface area contributed by atoms with E-state index in [1.54, 1.807) is 17.0 Å². The van der Waals surface area contributed by atoms with Crippen LogP contribution in [0.4, 0.5) is 5.69 Å². The van der Waals surface area contributed by atoms with Crippen molar-refractivity contribution in [2.75, 3.05) is 18.0 Å². The van der Waals surface area contributed by atoms with Crippen molar-refractivity contribution in [1.82, 2.24) is 4.90 Å². The molecule has 2 heterocycles. The van der Waals surface area contributed by atoms with E-state index >= 15 is 0 Å². The third kappa shape index (κ3) is 4.69. The van der Waals surface area contributed by atoms with Crippen molar-refractivity contribution in [3.05, 3.63) is 75.8 Å². The zero-order valence-corrected chi connectivity index (χ0v) is 19.4. The Labute approximate surface area is 197 Å². The molecule has 2 aromatic carbocycles. The van der Waals surface area contributed by atoms with Gasteiger partial charge in [-0.1, -0.05) is 60.6 Å². The molecule has 2 aliphatic heterocycles. The number of hydrogen-bond donors (Lipinski definition) is 0. The van der Waals surface area contributed by atoms with E-state index in [4.69, 9.17) is 11.6 Å². The summed E-state index contributed by atoms with van der Waals surface area (Å²) in [6.45, 7) is 3.45. The molecular weight excluding hydrogens is 442 g/mol. The van der Waals surface area contributed by atoms with Crippen LogP contribution in [0.3, 0.4) is 0 Å². The lowest BCUT2D eigenvalue weighted by Crippen LogP contribution is -2.39. The topological polar surface area (TPSA) is 64.4 Å². The van der Waals surface area contributed by atoms with Gasteiger partial charge in [0.15, 0.2) is 0 Å². The van der Waals surface area contributed by atoms with E-state index in [9.17, 15) is 14.9 Å². The molecule has 2 aliphatic rings. The molecule has 2 saturated heterocycles. The number of carbonyl (C=O) groups is 2. The van der Waals surface area contributed by atoms with Crippen molar-refractivity contribution >= 4 is 40.9 Å². The zero-order chi connectivity index (χ0) is 22.7. The molecule has 2 aromatic rings. The summed E-state index contributed by atoms with van der Waals surface area (Å²) >= 11 is 7.29. The van der Waals surface area contributed by atoms with Crippen LogP contribution in [0.15, 0.2) is 65.2 Å². The number of rotatable bonds is 4. The Bertz CT molecular complexity index is 1070. The molecule has 32 heavy (non-hydrogen) atoms. The summed E-state index contributed by atoms with van der Waals surface area (Å²) in [5.41, 5.74) is 1.68. The molecule has 0 aromatic heterocycles. The highest BCUT2D eigenvalue weighted by Crippen LogP contribution is 2.42. The molecule has 7 heteroatoms. The number of piperidine rings is 1. The van der Waals surface area contributed by atoms with Crippen molar-refractivity contribution in [3.63, 3.8) is 0 Å². The number of nitriles is 1. The highest BCUT2D eigenvalue weighted by molar-refractivity contribution is 8.05. The van der Waals surface area contributed by atoms with Crippen molar-refractivity contribution < 1.29 is 9.59 Å². The van der Waals surface area contributed by atoms with Crippen molar-refractivity contribution in [3.8, 4) is 6.07 Å². The number of carbonyl (C=O) groups excluding carboxylic acids is 2. The van der Waals surface area contributed by atoms with Crippen LogP contribution < -0.4 is 4.90 Å². The molecule has 0 aliphatic carbocycles. The minimum atomic E-state index is -0.427. The SMILES string of the molecule is CC1CCN(C(=O)/C(C#N)=C2\SC(Cc3ccc(Cl)cc3)C(=O)N2c2ccccc2)CC1. The van der Waals surface area contributed by atoms with Gasteiger partial charge in [-0.15, -0.1) is 0 Å². The van der Waals surface area contributed by atoms with Crippen molar-refractivity contribution in [2.24, 2.45) is 5.92 Å². The molecule has 1 unspecified atom stereocenters. The average molecular weight is 466 g/mol. The van der Waals surface area contributed by atoms with Gasteiger partial charge in [0, 0.05) is 23.8 Å². The lowest BCUT2D eigenvalue weighted by molar-refractivity contribution is -0.128. The summed E-state index contributed by atoms with van der Waals surface area (Å²) in [5, 5.41) is 10.6. The Kier molecular flexibility index (Phi) is 6.88. The summed E-state index contributed by atoms with van der Waals surface area (Å²) in [7, 11) is 0. The first-order valence-electron chi connectivity index (χ1n) is 10.7. The maximum Gasteiger partial charge on any atom is 0.267 e. The van der Waals surface area contributed by atoms with Crippen LogP contribution >= 0.6 is 23.4 Å². The molecule has 5 nitrogen and oxygen atoms in total. The molecular formula is C25H24ClN3O2S. The van der Waals surface area contributed by atoms with E-state index in [1.165, 1.54) is 16.7 Å². The number of hydrogen-bond acceptors (Lipinski definition) is 4. The molecule has 0 radical (unpaired) electrons. The smallest absolute Gasteiger partial charge is 0.267 e. The van der Waals surface area contributed by atoms with Gasteiger partial charge in [0.1, 0.15) is 16.7 Å². The lowest BCUT2D eigenvalue weighted by Gasteiger charge is -2.30. The fraction of sp³-hybridized carbons (Fsp3) is 0.320. The third-order valence-electron chi connectivity index (χ3n) is 5.91. The van der Waals surface area contributed by atoms with Gasteiger partial charge < -0.3 is 4.90 Å². The third-order valence-corrected chi connectivity index (χ3v) is 7.43. The second-order valence-electron chi connectivity index (χ2n) is 8.21. The van der Waals surface area contributed by atoms with Gasteiger partial charge in [0.2, 0.25) is 5.91 Å². The summed E-state index contributed by atoms with van der Waals surface area (Å²) in [6, 6.07) is 18.7. The Morgan fingerprint density at radius 1 is 1.12 bits per heavy atom. The highest BCUT2D eigenvalue weighted by atomic mass is 35.5. The number of para-hydroxylation sites is 1. The van der Waals surface area contributed by atoms with Crippen LogP contribution in [0.25, 0.3) is 0 Å². The summed E-state index contributed by atoms with van der Waals surface area (Å²) in [6.07, 6.45) is 2.34. The first-order chi connectivity index (χ1) is 15.5. The summed E-state index contributed by atoms with van der Waals surface area (Å²) in [5.74, 6) is 0.158. The second kappa shape index (κ2) is 9.81. The number of benzene rings is 2. The normalized spacial score (nSPS) is 20.9. The van der Waals surface area contributed by atoms with E-state index in [-0.39, 0.29) is 17.4 Å². The van der Waals surface area contributed by atoms with E-state index in [2.05, 4.69) is 13.0 Å². The Hall–Kier alpha value is -2.75. The van der Waals surface area contributed by atoms with Gasteiger partial charge in [-0.05, 0) is 55.0 Å². The zero-order valence-electron chi connectivity index (χ0n) is 17.8. The number of anilines is 1. The molecule has 4 rings (SSSR count). The lowest BCUT2D eigenvalue weighted by atomic mass is 9.99. The van der Waals surface area contributed by atoms with E-state index in [1.807, 2.05) is 42.5 Å². The Morgan fingerprint density at radius 3 is 2.41 bits per heavy atom. The van der Waals surface area contributed by atoms with Gasteiger partial charge in [-0.3, -0.25) is 14.5 Å². The van der Waals surface area contributed by atoms with Crippen LogP contribution in [0.1, 0.15) is 25.3 Å². The number of halogens is 1. The van der Waals surface area contributed by atoms with Crippen LogP contribution in [0.5, 0.6) is 0 Å². The molecule has 0 saturated carbocycles. The minimum absolute atomic E-state index is 0.0420. The predicted molar refractivity (Wildman–Crippen MR) is 128 cm³/mol. The van der Waals surface area contributed by atoms with Gasteiger partial charge in [0.25, 0.3) is 5.91 Å². The molecule has 2 fully saturated rings. The fourth-order valence-electron chi connectivity index (χ4n) is 3.99. The van der Waals surface area contributed by atoms with Gasteiger partial charge in [-0.25, -0.2) is 0 Å². The van der Waals surface area contributed by atoms with Crippen molar-refractivity contribution in [1.29, 1.82) is 5.26 Å². The average Bonchev–Trinajstić information content (AvgIpc) is 3.12. The molecule has 0 bridgehead atoms. The fourth-order valence-corrected chi connectivity index (χ4v) is 5.42. The Morgan fingerprint density at radius 2 is 1.78 bits per heavy atom. The van der Waals surface area contributed by atoms with Crippen LogP contribution in [0, 0.1) is 17.2 Å². The number of nitrogens with zero attached hydrogens (tertiary/aromatic N) is 3. The quantitative estimate of drug-likeness (QED) is 0.469. The minimum Gasteiger partial charge on any atom is -0.338 e.